The monoisotopic (exact) mass is 506 g/mol. The van der Waals surface area contributed by atoms with Crippen molar-refractivity contribution in [1.82, 2.24) is 15.5 Å². The summed E-state index contributed by atoms with van der Waals surface area (Å²) in [6, 6.07) is 8.32. The lowest BCUT2D eigenvalue weighted by Gasteiger charge is -2.29. The van der Waals surface area contributed by atoms with Crippen LogP contribution in [0.3, 0.4) is 0 Å². The number of guanidine groups is 1. The van der Waals surface area contributed by atoms with Crippen LogP contribution in [-0.2, 0) is 4.74 Å². The van der Waals surface area contributed by atoms with E-state index >= 15 is 0 Å². The molecular formula is C20H35IN4O3. The van der Waals surface area contributed by atoms with Crippen molar-refractivity contribution in [2.24, 2.45) is 10.4 Å². The van der Waals surface area contributed by atoms with Crippen molar-refractivity contribution >= 4 is 29.9 Å². The maximum atomic E-state index is 9.38. The summed E-state index contributed by atoms with van der Waals surface area (Å²) < 4.78 is 10.9. The molecule has 28 heavy (non-hydrogen) atoms. The highest BCUT2D eigenvalue weighted by atomic mass is 127. The molecule has 1 aliphatic heterocycles. The van der Waals surface area contributed by atoms with E-state index in [-0.39, 0.29) is 42.0 Å². The molecule has 1 aromatic carbocycles. The Morgan fingerprint density at radius 2 is 2.18 bits per heavy atom. The first-order valence-electron chi connectivity index (χ1n) is 9.47. The van der Waals surface area contributed by atoms with E-state index in [1.165, 1.54) is 5.56 Å². The van der Waals surface area contributed by atoms with Gasteiger partial charge in [-0.2, -0.15) is 0 Å². The molecule has 0 amide bonds. The van der Waals surface area contributed by atoms with Crippen LogP contribution in [0.5, 0.6) is 5.75 Å². The summed E-state index contributed by atoms with van der Waals surface area (Å²) >= 11 is 0. The Balaban J connectivity index is 0.00000392. The van der Waals surface area contributed by atoms with Crippen LogP contribution >= 0.6 is 24.0 Å². The number of hydrogen-bond donors (Lipinski definition) is 3. The molecule has 2 atom stereocenters. The quantitative estimate of drug-likeness (QED) is 0.270. The molecule has 2 rings (SSSR count). The smallest absolute Gasteiger partial charge is 0.191 e. The molecule has 1 fully saturated rings. The highest BCUT2D eigenvalue weighted by molar-refractivity contribution is 14.0. The summed E-state index contributed by atoms with van der Waals surface area (Å²) in [6.07, 6.45) is 1.70. The topological polar surface area (TPSA) is 78.4 Å². The molecule has 0 radical (unpaired) electrons. The normalized spacial score (nSPS) is 20.6. The van der Waals surface area contributed by atoms with Gasteiger partial charge in [0.2, 0.25) is 0 Å². The van der Waals surface area contributed by atoms with E-state index in [0.717, 1.165) is 37.7 Å². The molecule has 3 N–H and O–H groups in total. The average molecular weight is 506 g/mol. The van der Waals surface area contributed by atoms with Gasteiger partial charge in [0.25, 0.3) is 0 Å². The fourth-order valence-corrected chi connectivity index (χ4v) is 3.44. The zero-order valence-corrected chi connectivity index (χ0v) is 19.7. The number of aliphatic hydroxyl groups excluding tert-OH is 1. The highest BCUT2D eigenvalue weighted by Gasteiger charge is 2.34. The van der Waals surface area contributed by atoms with Crippen molar-refractivity contribution in [3.05, 3.63) is 29.8 Å². The minimum atomic E-state index is -0.0138. The molecule has 1 aromatic rings. The summed E-state index contributed by atoms with van der Waals surface area (Å²) in [7, 11) is 7.58. The Morgan fingerprint density at radius 1 is 1.39 bits per heavy atom. The molecule has 0 spiro atoms. The Labute approximate surface area is 185 Å². The van der Waals surface area contributed by atoms with Gasteiger partial charge in [-0.05, 0) is 44.6 Å². The number of hydrogen-bond acceptors (Lipinski definition) is 5. The second-order valence-electron chi connectivity index (χ2n) is 7.34. The highest BCUT2D eigenvalue weighted by Crippen LogP contribution is 2.31. The summed E-state index contributed by atoms with van der Waals surface area (Å²) in [6.45, 7) is 3.06. The van der Waals surface area contributed by atoms with Gasteiger partial charge in [0, 0.05) is 38.8 Å². The number of methoxy groups -OCH3 is 1. The molecule has 0 aromatic heterocycles. The summed E-state index contributed by atoms with van der Waals surface area (Å²) in [4.78, 5) is 6.52. The number of halogens is 1. The fraction of sp³-hybridized carbons (Fsp3) is 0.650. The van der Waals surface area contributed by atoms with Crippen LogP contribution in [0.15, 0.2) is 29.3 Å². The zero-order valence-electron chi connectivity index (χ0n) is 17.4. The van der Waals surface area contributed by atoms with E-state index in [1.54, 1.807) is 14.2 Å². The number of aliphatic imine (C=N–C) groups is 1. The van der Waals surface area contributed by atoms with Gasteiger partial charge in [0.1, 0.15) is 5.75 Å². The van der Waals surface area contributed by atoms with Crippen molar-refractivity contribution in [2.45, 2.75) is 18.9 Å². The van der Waals surface area contributed by atoms with Crippen molar-refractivity contribution in [3.63, 3.8) is 0 Å². The number of likely N-dealkylation sites (N-methyl/N-ethyl adjacent to an activating group) is 1. The largest absolute Gasteiger partial charge is 0.497 e. The lowest BCUT2D eigenvalue weighted by atomic mass is 9.84. The molecule has 160 valence electrons. The molecule has 7 nitrogen and oxygen atoms in total. The first kappa shape index (κ1) is 24.9. The maximum Gasteiger partial charge on any atom is 0.191 e. The second-order valence-corrected chi connectivity index (χ2v) is 7.34. The molecule has 8 heteroatoms. The Kier molecular flexibility index (Phi) is 11.1. The van der Waals surface area contributed by atoms with Crippen LogP contribution in [0, 0.1) is 5.41 Å². The van der Waals surface area contributed by atoms with Gasteiger partial charge in [0.05, 0.1) is 19.8 Å². The average Bonchev–Trinajstić information content (AvgIpc) is 3.13. The third-order valence-electron chi connectivity index (χ3n) is 5.25. The fourth-order valence-electron chi connectivity index (χ4n) is 3.44. The van der Waals surface area contributed by atoms with E-state index in [0.29, 0.717) is 13.2 Å². The van der Waals surface area contributed by atoms with Crippen LogP contribution in [0.4, 0.5) is 0 Å². The van der Waals surface area contributed by atoms with Crippen molar-refractivity contribution in [1.29, 1.82) is 0 Å². The molecule has 1 saturated heterocycles. The minimum Gasteiger partial charge on any atom is -0.497 e. The summed E-state index contributed by atoms with van der Waals surface area (Å²) in [5.74, 6) is 1.61. The number of nitrogens with zero attached hydrogens (tertiary/aromatic N) is 2. The van der Waals surface area contributed by atoms with Gasteiger partial charge in [-0.3, -0.25) is 4.99 Å². The summed E-state index contributed by atoms with van der Waals surface area (Å²) in [5.41, 5.74) is 1.17. The van der Waals surface area contributed by atoms with Crippen molar-refractivity contribution in [3.8, 4) is 5.75 Å². The predicted molar refractivity (Wildman–Crippen MR) is 124 cm³/mol. The molecular weight excluding hydrogens is 471 g/mol. The third-order valence-corrected chi connectivity index (χ3v) is 5.25. The maximum absolute atomic E-state index is 9.38. The molecule has 2 unspecified atom stereocenters. The Hall–Kier alpha value is -1.10. The van der Waals surface area contributed by atoms with E-state index in [4.69, 9.17) is 9.47 Å². The summed E-state index contributed by atoms with van der Waals surface area (Å²) in [5, 5.41) is 16.2. The molecule has 1 heterocycles. The lowest BCUT2D eigenvalue weighted by Crippen LogP contribution is -2.46. The second kappa shape index (κ2) is 12.5. The van der Waals surface area contributed by atoms with Gasteiger partial charge in [-0.15, -0.1) is 24.0 Å². The number of aliphatic hydroxyl groups is 1. The first-order chi connectivity index (χ1) is 13.0. The standard InChI is InChI=1S/C20H34N4O3.HI/c1-21-19(23-14-20(8-10-25)9-11-27-15-20)22-13-18(24(2)3)16-6-5-7-17(12-16)26-4;/h5-7,12,18,25H,8-11,13-15H2,1-4H3,(H2,21,22,23);1H. The number of rotatable bonds is 9. The van der Waals surface area contributed by atoms with Gasteiger partial charge >= 0.3 is 0 Å². The SMILES string of the molecule is CN=C(NCC(c1cccc(OC)c1)N(C)C)NCC1(CCO)CCOC1.I. The van der Waals surface area contributed by atoms with Gasteiger partial charge in [0.15, 0.2) is 5.96 Å². The lowest BCUT2D eigenvalue weighted by molar-refractivity contribution is 0.127. The number of ether oxygens (including phenoxy) is 2. The molecule has 0 saturated carbocycles. The Bertz CT molecular complexity index is 607. The third kappa shape index (κ3) is 7.06. The first-order valence-corrected chi connectivity index (χ1v) is 9.47. The van der Waals surface area contributed by atoms with Crippen LogP contribution in [0.2, 0.25) is 0 Å². The molecule has 0 aliphatic carbocycles. The van der Waals surface area contributed by atoms with Crippen LogP contribution < -0.4 is 15.4 Å². The number of benzene rings is 1. The van der Waals surface area contributed by atoms with Gasteiger partial charge in [-0.25, -0.2) is 0 Å². The van der Waals surface area contributed by atoms with Crippen molar-refractivity contribution < 1.29 is 14.6 Å². The minimum absolute atomic E-state index is 0. The predicted octanol–water partition coefficient (Wildman–Crippen LogP) is 1.87. The van der Waals surface area contributed by atoms with Crippen LogP contribution in [0.25, 0.3) is 0 Å². The van der Waals surface area contributed by atoms with E-state index < -0.39 is 0 Å². The van der Waals surface area contributed by atoms with Gasteiger partial charge < -0.3 is 30.1 Å². The number of nitrogens with one attached hydrogen (secondary N) is 2. The Morgan fingerprint density at radius 3 is 2.75 bits per heavy atom. The van der Waals surface area contributed by atoms with Crippen LogP contribution in [-0.4, -0.2) is 77.1 Å². The van der Waals surface area contributed by atoms with E-state index in [2.05, 4.69) is 46.8 Å². The van der Waals surface area contributed by atoms with E-state index in [9.17, 15) is 5.11 Å². The van der Waals surface area contributed by atoms with Crippen molar-refractivity contribution in [2.75, 3.05) is 61.2 Å². The zero-order chi connectivity index (χ0) is 19.7. The van der Waals surface area contributed by atoms with Gasteiger partial charge in [-0.1, -0.05) is 12.1 Å². The van der Waals surface area contributed by atoms with E-state index in [1.807, 2.05) is 12.1 Å². The molecule has 0 bridgehead atoms. The molecule has 1 aliphatic rings. The van der Waals surface area contributed by atoms with Crippen LogP contribution in [0.1, 0.15) is 24.4 Å².